The van der Waals surface area contributed by atoms with Crippen LogP contribution in [-0.4, -0.2) is 20.9 Å². The van der Waals surface area contributed by atoms with E-state index < -0.39 is 21.8 Å². The highest BCUT2D eigenvalue weighted by molar-refractivity contribution is 7.89. The first kappa shape index (κ1) is 18.2. The van der Waals surface area contributed by atoms with Crippen LogP contribution >= 0.6 is 11.6 Å². The Bertz CT molecular complexity index is 981. The van der Waals surface area contributed by atoms with Crippen LogP contribution in [0.25, 0.3) is 0 Å². The van der Waals surface area contributed by atoms with Gasteiger partial charge >= 0.3 is 0 Å². The molecule has 1 N–H and O–H groups in total. The van der Waals surface area contributed by atoms with Gasteiger partial charge < -0.3 is 4.74 Å². The number of sulfonamides is 1. The fourth-order valence-corrected chi connectivity index (χ4v) is 4.07. The van der Waals surface area contributed by atoms with Gasteiger partial charge in [-0.1, -0.05) is 23.7 Å². The summed E-state index contributed by atoms with van der Waals surface area (Å²) in [6.07, 6.45) is 0.355. The van der Waals surface area contributed by atoms with Crippen LogP contribution in [0.1, 0.15) is 16.7 Å². The lowest BCUT2D eigenvalue weighted by Crippen LogP contribution is -2.40. The second-order valence-electron chi connectivity index (χ2n) is 6.00. The van der Waals surface area contributed by atoms with Crippen molar-refractivity contribution in [2.45, 2.75) is 12.2 Å². The summed E-state index contributed by atoms with van der Waals surface area (Å²) < 4.78 is 32.1. The zero-order chi connectivity index (χ0) is 18.7. The quantitative estimate of drug-likeness (QED) is 0.864. The van der Waals surface area contributed by atoms with Gasteiger partial charge in [0.1, 0.15) is 12.4 Å². The fourth-order valence-electron chi connectivity index (χ4n) is 2.70. The van der Waals surface area contributed by atoms with Crippen LogP contribution in [0.15, 0.2) is 42.5 Å². The summed E-state index contributed by atoms with van der Waals surface area (Å²) in [7, 11) is -3.85. The third kappa shape index (κ3) is 4.34. The number of hydrogen-bond acceptors (Lipinski definition) is 5. The summed E-state index contributed by atoms with van der Waals surface area (Å²) in [5, 5.41) is 9.30. The molecule has 0 saturated heterocycles. The molecule has 1 aliphatic rings. The number of nitrogens with zero attached hydrogens (tertiary/aromatic N) is 1. The Labute approximate surface area is 156 Å². The summed E-state index contributed by atoms with van der Waals surface area (Å²) in [6.45, 7) is 0.104. The molecule has 1 aliphatic heterocycles. The van der Waals surface area contributed by atoms with Gasteiger partial charge in [-0.2, -0.15) is 5.26 Å². The highest BCUT2D eigenvalue weighted by atomic mass is 35.5. The van der Waals surface area contributed by atoms with E-state index in [1.165, 1.54) is 12.1 Å². The van der Waals surface area contributed by atoms with Crippen LogP contribution in [0.3, 0.4) is 0 Å². The van der Waals surface area contributed by atoms with Crippen molar-refractivity contribution in [3.63, 3.8) is 0 Å². The van der Waals surface area contributed by atoms with E-state index >= 15 is 0 Å². The number of nitrogens with one attached hydrogen (secondary N) is 1. The lowest BCUT2D eigenvalue weighted by atomic mass is 9.96. The fraction of sp³-hybridized carbons (Fsp3) is 0.222. The van der Waals surface area contributed by atoms with E-state index in [9.17, 15) is 13.2 Å². The van der Waals surface area contributed by atoms with Crippen LogP contribution in [0, 0.1) is 17.2 Å². The SMILES string of the molecule is N#Cc1ccc(CS(=O)(=O)NC(=O)[C@@H]2COc3ccc(Cl)cc3C2)cc1. The largest absolute Gasteiger partial charge is 0.492 e. The van der Waals surface area contributed by atoms with E-state index in [1.54, 1.807) is 30.3 Å². The molecule has 0 fully saturated rings. The summed E-state index contributed by atoms with van der Waals surface area (Å²) in [6, 6.07) is 13.3. The first-order chi connectivity index (χ1) is 12.4. The first-order valence-electron chi connectivity index (χ1n) is 7.81. The van der Waals surface area contributed by atoms with Gasteiger partial charge in [0.05, 0.1) is 23.3 Å². The highest BCUT2D eigenvalue weighted by Gasteiger charge is 2.29. The zero-order valence-corrected chi connectivity index (χ0v) is 15.2. The van der Waals surface area contributed by atoms with Crippen LogP contribution in [0.5, 0.6) is 5.75 Å². The summed E-state index contributed by atoms with van der Waals surface area (Å²) in [5.41, 5.74) is 1.70. The van der Waals surface area contributed by atoms with Crippen molar-refractivity contribution in [1.29, 1.82) is 5.26 Å². The molecule has 0 aliphatic carbocycles. The molecule has 3 rings (SSSR count). The van der Waals surface area contributed by atoms with Crippen molar-refractivity contribution in [2.24, 2.45) is 5.92 Å². The number of amides is 1. The van der Waals surface area contributed by atoms with Gasteiger partial charge in [0.15, 0.2) is 0 Å². The Kier molecular flexibility index (Phi) is 5.16. The average molecular weight is 391 g/mol. The van der Waals surface area contributed by atoms with Crippen molar-refractivity contribution < 1.29 is 17.9 Å². The standard InChI is InChI=1S/C18H15ClN2O4S/c19-16-5-6-17-14(8-16)7-15(10-25-17)18(22)21-26(23,24)11-13-3-1-12(9-20)2-4-13/h1-6,8,15H,7,10-11H2,(H,21,22)/t15-/m0/s1. The molecule has 0 saturated carbocycles. The van der Waals surface area contributed by atoms with Crippen molar-refractivity contribution in [1.82, 2.24) is 4.72 Å². The Balaban J connectivity index is 1.66. The van der Waals surface area contributed by atoms with E-state index in [0.717, 1.165) is 5.56 Å². The molecule has 134 valence electrons. The smallest absolute Gasteiger partial charge is 0.240 e. The predicted octanol–water partition coefficient (Wildman–Crippen LogP) is 2.41. The second kappa shape index (κ2) is 7.36. The van der Waals surface area contributed by atoms with Gasteiger partial charge in [0.2, 0.25) is 15.9 Å². The van der Waals surface area contributed by atoms with Gasteiger partial charge in [-0.05, 0) is 47.9 Å². The molecular weight excluding hydrogens is 376 g/mol. The molecule has 1 atom stereocenters. The number of carbonyl (C=O) groups excluding carboxylic acids is 1. The Morgan fingerprint density at radius 1 is 1.27 bits per heavy atom. The molecule has 2 aromatic rings. The number of halogens is 1. The van der Waals surface area contributed by atoms with Crippen molar-refractivity contribution in [3.8, 4) is 11.8 Å². The normalized spacial score (nSPS) is 16.1. The van der Waals surface area contributed by atoms with Crippen molar-refractivity contribution >= 4 is 27.5 Å². The number of fused-ring (bicyclic) bond motifs is 1. The van der Waals surface area contributed by atoms with Crippen LogP contribution < -0.4 is 9.46 Å². The molecule has 0 bridgehead atoms. The van der Waals surface area contributed by atoms with Gasteiger partial charge in [-0.15, -0.1) is 0 Å². The van der Waals surface area contributed by atoms with Gasteiger partial charge in [0, 0.05) is 5.02 Å². The molecule has 2 aromatic carbocycles. The van der Waals surface area contributed by atoms with E-state index in [4.69, 9.17) is 21.6 Å². The highest BCUT2D eigenvalue weighted by Crippen LogP contribution is 2.29. The first-order valence-corrected chi connectivity index (χ1v) is 9.84. The molecule has 1 amide bonds. The van der Waals surface area contributed by atoms with E-state index in [1.807, 2.05) is 6.07 Å². The number of ether oxygens (including phenoxy) is 1. The van der Waals surface area contributed by atoms with Crippen LogP contribution in [-0.2, 0) is 27.0 Å². The topological polar surface area (TPSA) is 96.3 Å². The number of nitriles is 1. The molecule has 0 aromatic heterocycles. The van der Waals surface area contributed by atoms with Crippen LogP contribution in [0.4, 0.5) is 0 Å². The maximum Gasteiger partial charge on any atom is 0.240 e. The maximum atomic E-state index is 12.4. The maximum absolute atomic E-state index is 12.4. The minimum atomic E-state index is -3.85. The molecule has 6 nitrogen and oxygen atoms in total. The molecule has 8 heteroatoms. The molecule has 1 heterocycles. The van der Waals surface area contributed by atoms with Gasteiger partial charge in [0.25, 0.3) is 0 Å². The number of carbonyl (C=O) groups is 1. The monoisotopic (exact) mass is 390 g/mol. The lowest BCUT2D eigenvalue weighted by Gasteiger charge is -2.24. The van der Waals surface area contributed by atoms with Crippen LogP contribution in [0.2, 0.25) is 5.02 Å². The second-order valence-corrected chi connectivity index (χ2v) is 8.16. The van der Waals surface area contributed by atoms with Gasteiger partial charge in [-0.25, -0.2) is 8.42 Å². The molecule has 26 heavy (non-hydrogen) atoms. The summed E-state index contributed by atoms with van der Waals surface area (Å²) in [4.78, 5) is 12.4. The molecule has 0 unspecified atom stereocenters. The third-order valence-electron chi connectivity index (χ3n) is 4.00. The van der Waals surface area contributed by atoms with Crippen molar-refractivity contribution in [3.05, 3.63) is 64.2 Å². The zero-order valence-electron chi connectivity index (χ0n) is 13.6. The average Bonchev–Trinajstić information content (AvgIpc) is 2.61. The minimum Gasteiger partial charge on any atom is -0.492 e. The number of benzene rings is 2. The van der Waals surface area contributed by atoms with E-state index in [2.05, 4.69) is 4.72 Å². The Morgan fingerprint density at radius 3 is 2.69 bits per heavy atom. The molecule has 0 spiro atoms. The third-order valence-corrected chi connectivity index (χ3v) is 5.46. The number of hydrogen-bond donors (Lipinski definition) is 1. The minimum absolute atomic E-state index is 0.104. The summed E-state index contributed by atoms with van der Waals surface area (Å²) >= 11 is 5.95. The Morgan fingerprint density at radius 2 is 2.00 bits per heavy atom. The number of rotatable bonds is 4. The lowest BCUT2D eigenvalue weighted by molar-refractivity contribution is -0.124. The predicted molar refractivity (Wildman–Crippen MR) is 96.1 cm³/mol. The van der Waals surface area contributed by atoms with Crippen molar-refractivity contribution in [2.75, 3.05) is 6.61 Å². The van der Waals surface area contributed by atoms with Gasteiger partial charge in [-0.3, -0.25) is 9.52 Å². The van der Waals surface area contributed by atoms with E-state index in [-0.39, 0.29) is 12.4 Å². The molecular formula is C18H15ClN2O4S. The molecule has 0 radical (unpaired) electrons. The Hall–Kier alpha value is -2.56. The summed E-state index contributed by atoms with van der Waals surface area (Å²) in [5.74, 6) is -0.916. The van der Waals surface area contributed by atoms with E-state index in [0.29, 0.717) is 28.3 Å².